The van der Waals surface area contributed by atoms with Crippen molar-refractivity contribution in [2.75, 3.05) is 18.4 Å². The van der Waals surface area contributed by atoms with Gasteiger partial charge in [0, 0.05) is 24.7 Å². The maximum Gasteiger partial charge on any atom is 0.246 e. The monoisotopic (exact) mass is 408 g/mol. The van der Waals surface area contributed by atoms with Gasteiger partial charge in [-0.05, 0) is 68.1 Å². The third-order valence-electron chi connectivity index (χ3n) is 5.11. The molecule has 2 aromatic carbocycles. The van der Waals surface area contributed by atoms with E-state index < -0.39 is 26.6 Å². The Hall–Kier alpha value is -2.32. The average molecular weight is 408 g/mol. The van der Waals surface area contributed by atoms with Crippen molar-refractivity contribution >= 4 is 21.6 Å². The maximum absolute atomic E-state index is 13.9. The Labute approximate surface area is 163 Å². The van der Waals surface area contributed by atoms with Crippen LogP contribution in [0.1, 0.15) is 24.0 Å². The van der Waals surface area contributed by atoms with E-state index in [-0.39, 0.29) is 24.9 Å². The lowest BCUT2D eigenvalue weighted by atomic mass is 9.97. The molecule has 0 atom stereocenters. The normalized spacial score (nSPS) is 16.1. The van der Waals surface area contributed by atoms with Crippen molar-refractivity contribution in [3.05, 3.63) is 59.2 Å². The van der Waals surface area contributed by atoms with Crippen LogP contribution in [0, 0.1) is 31.4 Å². The molecule has 1 amide bonds. The minimum atomic E-state index is -4.15. The first-order valence-corrected chi connectivity index (χ1v) is 10.5. The van der Waals surface area contributed by atoms with Crippen LogP contribution in [0.25, 0.3) is 0 Å². The average Bonchev–Trinajstić information content (AvgIpc) is 2.66. The molecule has 3 rings (SSSR count). The number of rotatable bonds is 4. The number of hydrogen-bond acceptors (Lipinski definition) is 3. The Morgan fingerprint density at radius 3 is 2.36 bits per heavy atom. The molecule has 150 valence electrons. The zero-order valence-corrected chi connectivity index (χ0v) is 16.5. The highest BCUT2D eigenvalue weighted by molar-refractivity contribution is 7.89. The van der Waals surface area contributed by atoms with Crippen LogP contribution in [-0.4, -0.2) is 31.7 Å². The van der Waals surface area contributed by atoms with E-state index in [1.807, 2.05) is 32.0 Å². The van der Waals surface area contributed by atoms with E-state index in [1.165, 1.54) is 0 Å². The number of nitrogens with zero attached hydrogens (tertiary/aromatic N) is 1. The first-order chi connectivity index (χ1) is 13.2. The summed E-state index contributed by atoms with van der Waals surface area (Å²) < 4.78 is 53.6. The topological polar surface area (TPSA) is 66.5 Å². The fourth-order valence-corrected chi connectivity index (χ4v) is 4.78. The van der Waals surface area contributed by atoms with Gasteiger partial charge in [-0.3, -0.25) is 4.79 Å². The Morgan fingerprint density at radius 2 is 1.71 bits per heavy atom. The van der Waals surface area contributed by atoms with Gasteiger partial charge in [0.1, 0.15) is 16.5 Å². The van der Waals surface area contributed by atoms with Gasteiger partial charge in [-0.2, -0.15) is 4.31 Å². The Balaban J connectivity index is 1.65. The SMILES string of the molecule is Cc1ccc(NC(=O)C2CCN(S(=O)(=O)c3cc(F)ccc3F)CC2)cc1C. The van der Waals surface area contributed by atoms with Gasteiger partial charge in [0.25, 0.3) is 0 Å². The number of hydrogen-bond donors (Lipinski definition) is 1. The molecule has 1 aliphatic rings. The second-order valence-electron chi connectivity index (χ2n) is 7.04. The smallest absolute Gasteiger partial charge is 0.246 e. The molecule has 0 radical (unpaired) electrons. The highest BCUT2D eigenvalue weighted by atomic mass is 32.2. The number of piperidine rings is 1. The summed E-state index contributed by atoms with van der Waals surface area (Å²) in [5, 5.41) is 2.87. The predicted molar refractivity (Wildman–Crippen MR) is 102 cm³/mol. The fourth-order valence-electron chi connectivity index (χ4n) is 3.24. The maximum atomic E-state index is 13.9. The van der Waals surface area contributed by atoms with Gasteiger partial charge < -0.3 is 5.32 Å². The molecule has 1 saturated heterocycles. The molecule has 0 spiro atoms. The summed E-state index contributed by atoms with van der Waals surface area (Å²) in [7, 11) is -4.15. The van der Waals surface area contributed by atoms with E-state index in [4.69, 9.17) is 0 Å². The lowest BCUT2D eigenvalue weighted by molar-refractivity contribution is -0.120. The van der Waals surface area contributed by atoms with E-state index >= 15 is 0 Å². The van der Waals surface area contributed by atoms with Crippen LogP contribution in [0.2, 0.25) is 0 Å². The summed E-state index contributed by atoms with van der Waals surface area (Å²) in [6.45, 7) is 4.09. The van der Waals surface area contributed by atoms with Gasteiger partial charge in [0.15, 0.2) is 0 Å². The van der Waals surface area contributed by atoms with Crippen molar-refractivity contribution in [1.82, 2.24) is 4.31 Å². The number of carbonyl (C=O) groups is 1. The lowest BCUT2D eigenvalue weighted by Gasteiger charge is -2.30. The lowest BCUT2D eigenvalue weighted by Crippen LogP contribution is -2.41. The summed E-state index contributed by atoms with van der Waals surface area (Å²) in [5.74, 6) is -2.32. The van der Waals surface area contributed by atoms with E-state index in [1.54, 1.807) is 0 Å². The molecule has 28 heavy (non-hydrogen) atoms. The molecular weight excluding hydrogens is 386 g/mol. The second-order valence-corrected chi connectivity index (χ2v) is 8.95. The number of carbonyl (C=O) groups excluding carboxylic acids is 1. The van der Waals surface area contributed by atoms with Crippen LogP contribution in [-0.2, 0) is 14.8 Å². The molecular formula is C20H22F2N2O3S. The van der Waals surface area contributed by atoms with Crippen molar-refractivity contribution in [2.45, 2.75) is 31.6 Å². The molecule has 0 saturated carbocycles. The molecule has 1 heterocycles. The number of nitrogens with one attached hydrogen (secondary N) is 1. The third-order valence-corrected chi connectivity index (χ3v) is 7.02. The van der Waals surface area contributed by atoms with Crippen LogP contribution in [0.5, 0.6) is 0 Å². The van der Waals surface area contributed by atoms with Gasteiger partial charge >= 0.3 is 0 Å². The van der Waals surface area contributed by atoms with E-state index in [0.717, 1.165) is 27.6 Å². The summed E-state index contributed by atoms with van der Waals surface area (Å²) in [6.07, 6.45) is 0.625. The minimum Gasteiger partial charge on any atom is -0.326 e. The molecule has 0 aliphatic carbocycles. The number of aryl methyl sites for hydroxylation is 2. The molecule has 2 aromatic rings. The van der Waals surface area contributed by atoms with Crippen molar-refractivity contribution in [1.29, 1.82) is 0 Å². The van der Waals surface area contributed by atoms with Crippen LogP contribution in [0.3, 0.4) is 0 Å². The van der Waals surface area contributed by atoms with Gasteiger partial charge in [0.2, 0.25) is 15.9 Å². The largest absolute Gasteiger partial charge is 0.326 e. The van der Waals surface area contributed by atoms with Crippen molar-refractivity contribution in [2.24, 2.45) is 5.92 Å². The van der Waals surface area contributed by atoms with Crippen molar-refractivity contribution in [3.63, 3.8) is 0 Å². The molecule has 8 heteroatoms. The van der Waals surface area contributed by atoms with E-state index in [9.17, 15) is 22.0 Å². The highest BCUT2D eigenvalue weighted by Crippen LogP contribution is 2.27. The summed E-state index contributed by atoms with van der Waals surface area (Å²) in [4.78, 5) is 11.8. The first kappa shape index (κ1) is 20.4. The number of halogens is 2. The Morgan fingerprint density at radius 1 is 1.04 bits per heavy atom. The minimum absolute atomic E-state index is 0.0727. The first-order valence-electron chi connectivity index (χ1n) is 9.02. The predicted octanol–water partition coefficient (Wildman–Crippen LogP) is 3.62. The third kappa shape index (κ3) is 4.23. The summed E-state index contributed by atoms with van der Waals surface area (Å²) in [6, 6.07) is 7.99. The molecule has 0 aromatic heterocycles. The van der Waals surface area contributed by atoms with Gasteiger partial charge in [-0.25, -0.2) is 17.2 Å². The Kier molecular flexibility index (Phi) is 5.81. The van der Waals surface area contributed by atoms with Crippen LogP contribution < -0.4 is 5.32 Å². The fraction of sp³-hybridized carbons (Fsp3) is 0.350. The van der Waals surface area contributed by atoms with Gasteiger partial charge in [-0.1, -0.05) is 6.07 Å². The van der Waals surface area contributed by atoms with E-state index in [0.29, 0.717) is 24.6 Å². The molecule has 1 fully saturated rings. The molecule has 1 N–H and O–H groups in total. The number of amides is 1. The Bertz CT molecular complexity index is 1000. The molecule has 5 nitrogen and oxygen atoms in total. The van der Waals surface area contributed by atoms with Crippen LogP contribution >= 0.6 is 0 Å². The highest BCUT2D eigenvalue weighted by Gasteiger charge is 2.33. The molecule has 0 bridgehead atoms. The van der Waals surface area contributed by atoms with Crippen molar-refractivity contribution in [3.8, 4) is 0 Å². The van der Waals surface area contributed by atoms with E-state index in [2.05, 4.69) is 5.32 Å². The van der Waals surface area contributed by atoms with Gasteiger partial charge in [0.05, 0.1) is 0 Å². The molecule has 0 unspecified atom stereocenters. The quantitative estimate of drug-likeness (QED) is 0.840. The van der Waals surface area contributed by atoms with Crippen molar-refractivity contribution < 1.29 is 22.0 Å². The molecule has 1 aliphatic heterocycles. The number of sulfonamides is 1. The standard InChI is InChI=1S/C20H22F2N2O3S/c1-13-3-5-17(11-14(13)2)23-20(25)15-7-9-24(10-8-15)28(26,27)19-12-16(21)4-6-18(19)22/h3-6,11-12,15H,7-10H2,1-2H3,(H,23,25). The van der Waals surface area contributed by atoms with Gasteiger partial charge in [-0.15, -0.1) is 0 Å². The van der Waals surface area contributed by atoms with Crippen LogP contribution in [0.15, 0.2) is 41.3 Å². The zero-order chi connectivity index (χ0) is 20.5. The number of anilines is 1. The zero-order valence-electron chi connectivity index (χ0n) is 15.7. The summed E-state index contributed by atoms with van der Waals surface area (Å²) >= 11 is 0. The number of benzene rings is 2. The second kappa shape index (κ2) is 7.97. The van der Waals surface area contributed by atoms with Crippen LogP contribution in [0.4, 0.5) is 14.5 Å². The summed E-state index contributed by atoms with van der Waals surface area (Å²) in [5.41, 5.74) is 2.89.